The van der Waals surface area contributed by atoms with E-state index in [9.17, 15) is 4.79 Å². The average Bonchev–Trinajstić information content (AvgIpc) is 3.11. The van der Waals surface area contributed by atoms with E-state index in [-0.39, 0.29) is 12.4 Å². The standard InChI is InChI=1S/C20H13Br2IN2O4/c1-3-4-28-19-15(23)5-11(6-16(19)27-2)10-24-25-20(26)17-8-12-7-13(21)9-14(22)18(12)29-17/h1,5-10H,4H2,2H3,(H,25,26)/b24-10-. The van der Waals surface area contributed by atoms with Crippen molar-refractivity contribution in [2.75, 3.05) is 13.7 Å². The summed E-state index contributed by atoms with van der Waals surface area (Å²) in [6.45, 7) is 0.139. The molecule has 0 unspecified atom stereocenters. The van der Waals surface area contributed by atoms with E-state index in [2.05, 4.69) is 70.9 Å². The monoisotopic (exact) mass is 630 g/mol. The first kappa shape index (κ1) is 21.7. The molecule has 1 amide bonds. The zero-order chi connectivity index (χ0) is 21.0. The highest BCUT2D eigenvalue weighted by Crippen LogP contribution is 2.33. The van der Waals surface area contributed by atoms with Gasteiger partial charge < -0.3 is 13.9 Å². The third kappa shape index (κ3) is 5.12. The quantitative estimate of drug-likeness (QED) is 0.172. The predicted molar refractivity (Wildman–Crippen MR) is 127 cm³/mol. The first-order valence-electron chi connectivity index (χ1n) is 8.08. The Hall–Kier alpha value is -2.03. The molecule has 0 radical (unpaired) electrons. The molecule has 9 heteroatoms. The zero-order valence-corrected chi connectivity index (χ0v) is 20.3. The molecule has 0 saturated heterocycles. The van der Waals surface area contributed by atoms with E-state index >= 15 is 0 Å². The number of fused-ring (bicyclic) bond motifs is 1. The number of rotatable bonds is 6. The van der Waals surface area contributed by atoms with Gasteiger partial charge in [0, 0.05) is 9.86 Å². The van der Waals surface area contributed by atoms with Crippen molar-refractivity contribution in [3.8, 4) is 23.8 Å². The second-order valence-electron chi connectivity index (χ2n) is 5.64. The molecule has 0 spiro atoms. The lowest BCUT2D eigenvalue weighted by atomic mass is 10.2. The number of ether oxygens (including phenoxy) is 2. The van der Waals surface area contributed by atoms with Crippen LogP contribution in [0.2, 0.25) is 0 Å². The second kappa shape index (κ2) is 9.65. The summed E-state index contributed by atoms with van der Waals surface area (Å²) in [5, 5.41) is 4.79. The molecule has 0 bridgehead atoms. The van der Waals surface area contributed by atoms with Gasteiger partial charge in [-0.3, -0.25) is 4.79 Å². The first-order valence-corrected chi connectivity index (χ1v) is 10.7. The van der Waals surface area contributed by atoms with Gasteiger partial charge in [0.2, 0.25) is 0 Å². The maximum absolute atomic E-state index is 12.4. The molecule has 0 atom stereocenters. The van der Waals surface area contributed by atoms with Crippen molar-refractivity contribution in [3.63, 3.8) is 0 Å². The fraction of sp³-hybridized carbons (Fsp3) is 0.100. The Kier molecular flexibility index (Phi) is 7.21. The van der Waals surface area contributed by atoms with Crippen LogP contribution in [-0.2, 0) is 0 Å². The number of furan rings is 1. The van der Waals surface area contributed by atoms with Crippen LogP contribution in [0.25, 0.3) is 11.0 Å². The van der Waals surface area contributed by atoms with Crippen molar-refractivity contribution >= 4 is 77.5 Å². The average molecular weight is 632 g/mol. The van der Waals surface area contributed by atoms with Gasteiger partial charge >= 0.3 is 5.91 Å². The van der Waals surface area contributed by atoms with E-state index < -0.39 is 5.91 Å². The molecular weight excluding hydrogens is 619 g/mol. The van der Waals surface area contributed by atoms with E-state index in [1.807, 2.05) is 18.2 Å². The molecule has 0 fully saturated rings. The molecule has 0 saturated carbocycles. The number of hydrogen-bond acceptors (Lipinski definition) is 5. The van der Waals surface area contributed by atoms with Gasteiger partial charge in [-0.2, -0.15) is 5.10 Å². The normalized spacial score (nSPS) is 10.9. The summed E-state index contributed by atoms with van der Waals surface area (Å²) in [4.78, 5) is 12.4. The van der Waals surface area contributed by atoms with Gasteiger partial charge in [0.05, 0.1) is 21.4 Å². The maximum Gasteiger partial charge on any atom is 0.307 e. The molecule has 1 heterocycles. The minimum atomic E-state index is -0.462. The summed E-state index contributed by atoms with van der Waals surface area (Å²) >= 11 is 8.94. The molecule has 1 N–H and O–H groups in total. The van der Waals surface area contributed by atoms with Gasteiger partial charge in [0.25, 0.3) is 0 Å². The van der Waals surface area contributed by atoms with Crippen LogP contribution < -0.4 is 14.9 Å². The Morgan fingerprint density at radius 2 is 2.14 bits per heavy atom. The lowest BCUT2D eigenvalue weighted by Gasteiger charge is -2.11. The number of hydrogen-bond donors (Lipinski definition) is 1. The summed E-state index contributed by atoms with van der Waals surface area (Å²) in [5.74, 6) is 3.19. The largest absolute Gasteiger partial charge is 0.493 e. The number of halogens is 3. The highest BCUT2D eigenvalue weighted by atomic mass is 127. The third-order valence-electron chi connectivity index (χ3n) is 3.69. The van der Waals surface area contributed by atoms with Gasteiger partial charge in [0.1, 0.15) is 12.2 Å². The second-order valence-corrected chi connectivity index (χ2v) is 8.57. The molecule has 0 aliphatic carbocycles. The summed E-state index contributed by atoms with van der Waals surface area (Å²) in [5.41, 5.74) is 3.76. The van der Waals surface area contributed by atoms with Crippen molar-refractivity contribution in [3.05, 3.63) is 54.2 Å². The summed E-state index contributed by atoms with van der Waals surface area (Å²) in [6, 6.07) is 8.93. The lowest BCUT2D eigenvalue weighted by molar-refractivity contribution is 0.0929. The van der Waals surface area contributed by atoms with Gasteiger partial charge in [0.15, 0.2) is 17.3 Å². The predicted octanol–water partition coefficient (Wildman–Crippen LogP) is 5.35. The summed E-state index contributed by atoms with van der Waals surface area (Å²) < 4.78 is 18.9. The van der Waals surface area contributed by atoms with Crippen molar-refractivity contribution < 1.29 is 18.7 Å². The first-order chi connectivity index (χ1) is 13.9. The van der Waals surface area contributed by atoms with Gasteiger partial charge in [-0.25, -0.2) is 5.43 Å². The molecule has 29 heavy (non-hydrogen) atoms. The SMILES string of the molecule is C#CCOc1c(I)cc(/C=N\NC(=O)c2cc3cc(Br)cc(Br)c3o2)cc1OC. The number of carbonyl (C=O) groups is 1. The molecule has 6 nitrogen and oxygen atoms in total. The van der Waals surface area contributed by atoms with Crippen LogP contribution in [0.3, 0.4) is 0 Å². The number of nitrogens with zero attached hydrogens (tertiary/aromatic N) is 1. The Morgan fingerprint density at radius 3 is 2.86 bits per heavy atom. The number of benzene rings is 2. The highest BCUT2D eigenvalue weighted by molar-refractivity contribution is 14.1. The van der Waals surface area contributed by atoms with E-state index in [1.165, 1.54) is 13.3 Å². The number of amides is 1. The van der Waals surface area contributed by atoms with Crippen molar-refractivity contribution in [1.82, 2.24) is 5.43 Å². The van der Waals surface area contributed by atoms with Crippen LogP contribution in [0.1, 0.15) is 16.1 Å². The van der Waals surface area contributed by atoms with Gasteiger partial charge in [-0.15, -0.1) is 6.42 Å². The van der Waals surface area contributed by atoms with Crippen LogP contribution in [0, 0.1) is 15.9 Å². The van der Waals surface area contributed by atoms with E-state index in [4.69, 9.17) is 20.3 Å². The Balaban J connectivity index is 1.76. The topological polar surface area (TPSA) is 73.1 Å². The number of carbonyl (C=O) groups excluding carboxylic acids is 1. The Bertz CT molecular complexity index is 1150. The summed E-state index contributed by atoms with van der Waals surface area (Å²) in [6.07, 6.45) is 6.74. The van der Waals surface area contributed by atoms with Crippen LogP contribution in [0.15, 0.2) is 48.8 Å². The van der Waals surface area contributed by atoms with E-state index in [0.29, 0.717) is 17.1 Å². The molecule has 1 aromatic heterocycles. The third-order valence-corrected chi connectivity index (χ3v) is 5.54. The minimum Gasteiger partial charge on any atom is -0.493 e. The molecule has 0 aliphatic rings. The van der Waals surface area contributed by atoms with Crippen LogP contribution in [0.4, 0.5) is 0 Å². The molecular formula is C20H13Br2IN2O4. The lowest BCUT2D eigenvalue weighted by Crippen LogP contribution is -2.16. The molecule has 3 rings (SSSR count). The molecule has 2 aromatic carbocycles. The van der Waals surface area contributed by atoms with Crippen molar-refractivity contribution in [2.24, 2.45) is 5.10 Å². The van der Waals surface area contributed by atoms with Crippen molar-refractivity contribution in [1.29, 1.82) is 0 Å². The number of nitrogens with one attached hydrogen (secondary N) is 1. The molecule has 3 aromatic rings. The fourth-order valence-corrected chi connectivity index (χ4v) is 4.60. The van der Waals surface area contributed by atoms with E-state index in [1.54, 1.807) is 12.1 Å². The number of methoxy groups -OCH3 is 1. The fourth-order valence-electron chi connectivity index (χ4n) is 2.48. The highest BCUT2D eigenvalue weighted by Gasteiger charge is 2.14. The maximum atomic E-state index is 12.4. The Morgan fingerprint density at radius 1 is 1.34 bits per heavy atom. The van der Waals surface area contributed by atoms with E-state index in [0.717, 1.165) is 23.5 Å². The van der Waals surface area contributed by atoms with Crippen molar-refractivity contribution in [2.45, 2.75) is 0 Å². The van der Waals surface area contributed by atoms with Gasteiger partial charge in [-0.05, 0) is 74.4 Å². The number of terminal acetylenes is 1. The summed E-state index contributed by atoms with van der Waals surface area (Å²) in [7, 11) is 1.54. The number of hydrazone groups is 1. The van der Waals surface area contributed by atoms with Crippen LogP contribution >= 0.6 is 54.5 Å². The molecule has 148 valence electrons. The Labute approximate surface area is 197 Å². The minimum absolute atomic E-state index is 0.139. The van der Waals surface area contributed by atoms with Crippen LogP contribution in [-0.4, -0.2) is 25.8 Å². The zero-order valence-electron chi connectivity index (χ0n) is 15.0. The van der Waals surface area contributed by atoms with Gasteiger partial charge in [-0.1, -0.05) is 21.9 Å². The molecule has 0 aliphatic heterocycles. The van der Waals surface area contributed by atoms with Crippen LogP contribution in [0.5, 0.6) is 11.5 Å². The smallest absolute Gasteiger partial charge is 0.307 e.